The third-order valence-corrected chi connectivity index (χ3v) is 5.20. The molecule has 9 heteroatoms. The minimum atomic E-state index is -0.495. The molecule has 1 fully saturated rings. The predicted molar refractivity (Wildman–Crippen MR) is 115 cm³/mol. The van der Waals surface area contributed by atoms with Crippen LogP contribution in [0.15, 0.2) is 30.5 Å². The largest absolute Gasteiger partial charge is 0.497 e. The lowest BCUT2D eigenvalue weighted by molar-refractivity contribution is 0.0165. The average molecular weight is 425 g/mol. The van der Waals surface area contributed by atoms with Crippen molar-refractivity contribution in [2.45, 2.75) is 45.6 Å². The topological polar surface area (TPSA) is 95.3 Å². The summed E-state index contributed by atoms with van der Waals surface area (Å²) in [5.41, 5.74) is 1.65. The lowest BCUT2D eigenvalue weighted by atomic mass is 9.94. The van der Waals surface area contributed by atoms with Gasteiger partial charge >= 0.3 is 6.09 Å². The first kappa shape index (κ1) is 21.0. The van der Waals surface area contributed by atoms with E-state index in [4.69, 9.17) is 14.5 Å². The Morgan fingerprint density at radius 1 is 1.23 bits per heavy atom. The first-order valence-electron chi connectivity index (χ1n) is 10.5. The molecular formula is C22H28N6O3. The second-order valence-electron chi connectivity index (χ2n) is 8.83. The van der Waals surface area contributed by atoms with E-state index in [1.54, 1.807) is 22.9 Å². The van der Waals surface area contributed by atoms with Gasteiger partial charge in [-0.15, -0.1) is 5.10 Å². The minimum Gasteiger partial charge on any atom is -0.497 e. The molecule has 1 saturated heterocycles. The van der Waals surface area contributed by atoms with Crippen molar-refractivity contribution in [2.75, 3.05) is 20.2 Å². The zero-order chi connectivity index (χ0) is 22.0. The molecule has 3 heterocycles. The van der Waals surface area contributed by atoms with Crippen LogP contribution in [-0.2, 0) is 11.2 Å². The van der Waals surface area contributed by atoms with Crippen LogP contribution in [0.3, 0.4) is 0 Å². The van der Waals surface area contributed by atoms with Gasteiger partial charge in [0.2, 0.25) is 0 Å². The van der Waals surface area contributed by atoms with Crippen LogP contribution >= 0.6 is 0 Å². The summed E-state index contributed by atoms with van der Waals surface area (Å²) in [7, 11) is 1.63. The molecule has 0 aliphatic carbocycles. The summed E-state index contributed by atoms with van der Waals surface area (Å²) in [5, 5.41) is 8.41. The highest BCUT2D eigenvalue weighted by atomic mass is 16.6. The van der Waals surface area contributed by atoms with Crippen LogP contribution in [0.4, 0.5) is 4.79 Å². The number of hydrogen-bond acceptors (Lipinski definition) is 7. The Morgan fingerprint density at radius 2 is 2.00 bits per heavy atom. The molecule has 2 aromatic heterocycles. The maximum atomic E-state index is 12.4. The van der Waals surface area contributed by atoms with Crippen LogP contribution in [0.25, 0.3) is 16.9 Å². The van der Waals surface area contributed by atoms with Gasteiger partial charge in [-0.05, 0) is 63.8 Å². The van der Waals surface area contributed by atoms with Crippen molar-refractivity contribution in [3.63, 3.8) is 0 Å². The molecule has 164 valence electrons. The number of nitrogens with zero attached hydrogens (tertiary/aromatic N) is 6. The fourth-order valence-corrected chi connectivity index (χ4v) is 3.74. The van der Waals surface area contributed by atoms with Crippen molar-refractivity contribution < 1.29 is 14.3 Å². The van der Waals surface area contributed by atoms with E-state index in [0.29, 0.717) is 24.1 Å². The van der Waals surface area contributed by atoms with Gasteiger partial charge in [-0.3, -0.25) is 0 Å². The van der Waals surface area contributed by atoms with E-state index in [0.717, 1.165) is 36.6 Å². The van der Waals surface area contributed by atoms with Crippen molar-refractivity contribution in [3.8, 4) is 11.4 Å². The third kappa shape index (κ3) is 4.92. The minimum absolute atomic E-state index is 0.254. The Labute approximate surface area is 181 Å². The highest BCUT2D eigenvalue weighted by Crippen LogP contribution is 2.23. The number of piperidine rings is 1. The standard InChI is InChI=1S/C22H28N6O3/c1-22(2,3)31-21(29)27-11-5-6-15(14-27)12-19-23-13-18-20(24-19)28(26-25-18)16-7-9-17(30-4)10-8-16/h7-10,13,15H,5-6,11-12,14H2,1-4H3/t15-/m1/s1. The molecule has 0 spiro atoms. The van der Waals surface area contributed by atoms with Crippen molar-refractivity contribution in [1.82, 2.24) is 29.9 Å². The normalized spacial score (nSPS) is 17.0. The van der Waals surface area contributed by atoms with E-state index in [-0.39, 0.29) is 12.0 Å². The van der Waals surface area contributed by atoms with Gasteiger partial charge in [0.15, 0.2) is 11.2 Å². The summed E-state index contributed by atoms with van der Waals surface area (Å²) in [6.45, 7) is 7.02. The van der Waals surface area contributed by atoms with E-state index in [2.05, 4.69) is 15.3 Å². The highest BCUT2D eigenvalue weighted by molar-refractivity contribution is 5.70. The number of aromatic nitrogens is 5. The number of amides is 1. The van der Waals surface area contributed by atoms with Gasteiger partial charge in [0.05, 0.1) is 19.0 Å². The van der Waals surface area contributed by atoms with E-state index >= 15 is 0 Å². The molecule has 0 radical (unpaired) electrons. The summed E-state index contributed by atoms with van der Waals surface area (Å²) in [6.07, 6.45) is 4.10. The van der Waals surface area contributed by atoms with Crippen LogP contribution in [0, 0.1) is 5.92 Å². The maximum absolute atomic E-state index is 12.4. The van der Waals surface area contributed by atoms with Crippen LogP contribution in [0.5, 0.6) is 5.75 Å². The van der Waals surface area contributed by atoms with Crippen LogP contribution in [0.1, 0.15) is 39.4 Å². The van der Waals surface area contributed by atoms with Crippen LogP contribution < -0.4 is 4.74 Å². The number of fused-ring (bicyclic) bond motifs is 1. The van der Waals surface area contributed by atoms with Gasteiger partial charge in [0.25, 0.3) is 0 Å². The summed E-state index contributed by atoms with van der Waals surface area (Å²) in [6, 6.07) is 7.57. The molecule has 1 aliphatic heterocycles. The molecule has 9 nitrogen and oxygen atoms in total. The van der Waals surface area contributed by atoms with Gasteiger partial charge in [-0.25, -0.2) is 14.8 Å². The Balaban J connectivity index is 1.50. The predicted octanol–water partition coefficient (Wildman–Crippen LogP) is 3.41. The van der Waals surface area contributed by atoms with Crippen molar-refractivity contribution in [3.05, 3.63) is 36.3 Å². The first-order chi connectivity index (χ1) is 14.8. The lowest BCUT2D eigenvalue weighted by Gasteiger charge is -2.33. The average Bonchev–Trinajstić information content (AvgIpc) is 3.16. The summed E-state index contributed by atoms with van der Waals surface area (Å²) in [4.78, 5) is 23.5. The SMILES string of the molecule is COc1ccc(-n2nnc3cnc(C[C@H]4CCCN(C(=O)OC(C)(C)C)C4)nc32)cc1. The molecular weight excluding hydrogens is 396 g/mol. The molecule has 31 heavy (non-hydrogen) atoms. The molecule has 1 aromatic carbocycles. The fourth-order valence-electron chi connectivity index (χ4n) is 3.74. The first-order valence-corrected chi connectivity index (χ1v) is 10.5. The van der Waals surface area contributed by atoms with Gasteiger partial charge in [0, 0.05) is 19.5 Å². The number of rotatable bonds is 4. The third-order valence-electron chi connectivity index (χ3n) is 5.20. The molecule has 0 saturated carbocycles. The number of methoxy groups -OCH3 is 1. The molecule has 0 unspecified atom stereocenters. The molecule has 4 rings (SSSR count). The van der Waals surface area contributed by atoms with Crippen molar-refractivity contribution in [1.29, 1.82) is 0 Å². The summed E-state index contributed by atoms with van der Waals surface area (Å²) >= 11 is 0. The smallest absolute Gasteiger partial charge is 0.410 e. The highest BCUT2D eigenvalue weighted by Gasteiger charge is 2.28. The second-order valence-corrected chi connectivity index (χ2v) is 8.83. The number of ether oxygens (including phenoxy) is 2. The number of hydrogen-bond donors (Lipinski definition) is 0. The van der Waals surface area contributed by atoms with Gasteiger partial charge in [-0.2, -0.15) is 4.68 Å². The molecule has 0 bridgehead atoms. The van der Waals surface area contributed by atoms with Gasteiger partial charge in [-0.1, -0.05) is 5.21 Å². The van der Waals surface area contributed by atoms with Gasteiger partial charge < -0.3 is 14.4 Å². The molecule has 1 atom stereocenters. The van der Waals surface area contributed by atoms with Gasteiger partial charge in [0.1, 0.15) is 17.2 Å². The summed E-state index contributed by atoms with van der Waals surface area (Å²) in [5.74, 6) is 1.78. The zero-order valence-electron chi connectivity index (χ0n) is 18.4. The van der Waals surface area contributed by atoms with E-state index in [1.165, 1.54) is 0 Å². The quantitative estimate of drug-likeness (QED) is 0.633. The Morgan fingerprint density at radius 3 is 2.71 bits per heavy atom. The zero-order valence-corrected chi connectivity index (χ0v) is 18.4. The maximum Gasteiger partial charge on any atom is 0.410 e. The fraction of sp³-hybridized carbons (Fsp3) is 0.500. The Kier molecular flexibility index (Phi) is 5.75. The van der Waals surface area contributed by atoms with E-state index < -0.39 is 5.60 Å². The Hall–Kier alpha value is -3.23. The molecule has 1 amide bonds. The van der Waals surface area contributed by atoms with E-state index in [1.807, 2.05) is 45.0 Å². The molecule has 3 aromatic rings. The number of carbonyl (C=O) groups is 1. The van der Waals surface area contributed by atoms with Crippen molar-refractivity contribution in [2.24, 2.45) is 5.92 Å². The number of carbonyl (C=O) groups excluding carboxylic acids is 1. The second kappa shape index (κ2) is 8.49. The van der Waals surface area contributed by atoms with Crippen molar-refractivity contribution >= 4 is 17.3 Å². The lowest BCUT2D eigenvalue weighted by Crippen LogP contribution is -2.43. The summed E-state index contributed by atoms with van der Waals surface area (Å²) < 4.78 is 12.5. The van der Waals surface area contributed by atoms with Crippen LogP contribution in [-0.4, -0.2) is 61.8 Å². The number of likely N-dealkylation sites (tertiary alicyclic amines) is 1. The molecule has 0 N–H and O–H groups in total. The van der Waals surface area contributed by atoms with E-state index in [9.17, 15) is 4.79 Å². The van der Waals surface area contributed by atoms with Crippen LogP contribution in [0.2, 0.25) is 0 Å². The monoisotopic (exact) mass is 424 g/mol. The molecule has 1 aliphatic rings. The number of benzene rings is 1. The Bertz CT molecular complexity index is 1060.